The van der Waals surface area contributed by atoms with E-state index >= 15 is 0 Å². The van der Waals surface area contributed by atoms with E-state index in [-0.39, 0.29) is 0 Å². The molecule has 0 fully saturated rings. The molecule has 0 aliphatic heterocycles. The SMILES string of the molecule is COc1ccc(-c2c(Br)sc(-c3ccccc3)c2Br)cc1. The van der Waals surface area contributed by atoms with Gasteiger partial charge in [0.1, 0.15) is 5.75 Å². The predicted octanol–water partition coefficient (Wildman–Crippen LogP) is 6.62. The third-order valence-corrected chi connectivity index (χ3v) is 6.19. The van der Waals surface area contributed by atoms with E-state index in [4.69, 9.17) is 4.74 Å². The number of rotatable bonds is 3. The van der Waals surface area contributed by atoms with E-state index in [2.05, 4.69) is 68.3 Å². The van der Waals surface area contributed by atoms with E-state index in [9.17, 15) is 0 Å². The summed E-state index contributed by atoms with van der Waals surface area (Å²) in [4.78, 5) is 1.23. The van der Waals surface area contributed by atoms with Crippen LogP contribution in [-0.4, -0.2) is 7.11 Å². The first-order valence-corrected chi connectivity index (χ1v) is 8.78. The second kappa shape index (κ2) is 6.34. The summed E-state index contributed by atoms with van der Waals surface area (Å²) >= 11 is 9.19. The zero-order valence-electron chi connectivity index (χ0n) is 11.3. The highest BCUT2D eigenvalue weighted by Crippen LogP contribution is 2.48. The quantitative estimate of drug-likeness (QED) is 0.460. The van der Waals surface area contributed by atoms with Crippen LogP contribution in [0.25, 0.3) is 21.6 Å². The molecule has 21 heavy (non-hydrogen) atoms. The molecular formula is C17H12Br2OS. The van der Waals surface area contributed by atoms with Crippen LogP contribution in [0.4, 0.5) is 0 Å². The van der Waals surface area contributed by atoms with Crippen LogP contribution in [0.1, 0.15) is 0 Å². The van der Waals surface area contributed by atoms with Crippen LogP contribution in [0.5, 0.6) is 5.75 Å². The molecule has 3 aromatic rings. The van der Waals surface area contributed by atoms with Crippen molar-refractivity contribution in [2.24, 2.45) is 0 Å². The fraction of sp³-hybridized carbons (Fsp3) is 0.0588. The van der Waals surface area contributed by atoms with Crippen LogP contribution in [0.2, 0.25) is 0 Å². The Morgan fingerprint density at radius 3 is 2.14 bits per heavy atom. The third kappa shape index (κ3) is 2.93. The van der Waals surface area contributed by atoms with Gasteiger partial charge in [0.25, 0.3) is 0 Å². The van der Waals surface area contributed by atoms with Gasteiger partial charge >= 0.3 is 0 Å². The van der Waals surface area contributed by atoms with E-state index in [1.165, 1.54) is 16.0 Å². The van der Waals surface area contributed by atoms with Crippen molar-refractivity contribution in [1.82, 2.24) is 0 Å². The Morgan fingerprint density at radius 1 is 0.857 bits per heavy atom. The Bertz CT molecular complexity index is 748. The summed E-state index contributed by atoms with van der Waals surface area (Å²) in [6.45, 7) is 0. The second-order valence-electron chi connectivity index (χ2n) is 4.49. The lowest BCUT2D eigenvalue weighted by Crippen LogP contribution is -1.82. The molecule has 0 bridgehead atoms. The first kappa shape index (κ1) is 14.8. The van der Waals surface area contributed by atoms with Gasteiger partial charge in [-0.15, -0.1) is 11.3 Å². The summed E-state index contributed by atoms with van der Waals surface area (Å²) in [7, 11) is 1.68. The molecule has 106 valence electrons. The number of halogens is 2. The van der Waals surface area contributed by atoms with Crippen molar-refractivity contribution in [3.05, 3.63) is 62.9 Å². The van der Waals surface area contributed by atoms with Gasteiger partial charge in [-0.1, -0.05) is 42.5 Å². The van der Waals surface area contributed by atoms with Crippen molar-refractivity contribution in [3.8, 4) is 27.3 Å². The fourth-order valence-corrected chi connectivity index (χ4v) is 5.31. The average Bonchev–Trinajstić information content (AvgIpc) is 2.83. The molecule has 2 aromatic carbocycles. The molecule has 1 nitrogen and oxygen atoms in total. The molecule has 0 saturated heterocycles. The molecule has 3 rings (SSSR count). The Labute approximate surface area is 144 Å². The summed E-state index contributed by atoms with van der Waals surface area (Å²) in [5.74, 6) is 0.865. The van der Waals surface area contributed by atoms with Gasteiger partial charge < -0.3 is 4.74 Å². The zero-order chi connectivity index (χ0) is 14.8. The van der Waals surface area contributed by atoms with Crippen LogP contribution in [0, 0.1) is 0 Å². The van der Waals surface area contributed by atoms with Gasteiger partial charge in [-0.05, 0) is 55.1 Å². The van der Waals surface area contributed by atoms with Crippen molar-refractivity contribution in [3.63, 3.8) is 0 Å². The maximum Gasteiger partial charge on any atom is 0.118 e. The van der Waals surface area contributed by atoms with E-state index in [1.807, 2.05) is 18.2 Å². The summed E-state index contributed by atoms with van der Waals surface area (Å²) in [5, 5.41) is 0. The van der Waals surface area contributed by atoms with Crippen molar-refractivity contribution >= 4 is 43.2 Å². The van der Waals surface area contributed by atoms with Crippen molar-refractivity contribution in [2.75, 3.05) is 7.11 Å². The molecule has 0 spiro atoms. The summed E-state index contributed by atoms with van der Waals surface area (Å²) in [6, 6.07) is 18.5. The zero-order valence-corrected chi connectivity index (χ0v) is 15.3. The van der Waals surface area contributed by atoms with E-state index < -0.39 is 0 Å². The molecular weight excluding hydrogens is 412 g/mol. The molecule has 0 saturated carbocycles. The predicted molar refractivity (Wildman–Crippen MR) is 97.1 cm³/mol. The van der Waals surface area contributed by atoms with E-state index in [0.29, 0.717) is 0 Å². The van der Waals surface area contributed by atoms with Crippen LogP contribution in [-0.2, 0) is 0 Å². The Morgan fingerprint density at radius 2 is 1.52 bits per heavy atom. The number of hydrogen-bond acceptors (Lipinski definition) is 2. The van der Waals surface area contributed by atoms with Crippen molar-refractivity contribution in [1.29, 1.82) is 0 Å². The lowest BCUT2D eigenvalue weighted by molar-refractivity contribution is 0.415. The molecule has 1 aromatic heterocycles. The van der Waals surface area contributed by atoms with Gasteiger partial charge in [0.2, 0.25) is 0 Å². The van der Waals surface area contributed by atoms with Crippen LogP contribution < -0.4 is 4.74 Å². The maximum atomic E-state index is 5.22. The summed E-state index contributed by atoms with van der Waals surface area (Å²) in [5.41, 5.74) is 3.56. The number of hydrogen-bond donors (Lipinski definition) is 0. The molecule has 0 aliphatic carbocycles. The molecule has 0 unspecified atom stereocenters. The van der Waals surface area contributed by atoms with Crippen LogP contribution in [0.3, 0.4) is 0 Å². The minimum Gasteiger partial charge on any atom is -0.497 e. The Balaban J connectivity index is 2.09. The standard InChI is InChI=1S/C17H12Br2OS/c1-20-13-9-7-11(8-10-13)14-15(18)16(21-17(14)19)12-5-3-2-4-6-12/h2-10H,1H3. The lowest BCUT2D eigenvalue weighted by atomic mass is 10.1. The molecule has 4 heteroatoms. The number of ether oxygens (including phenoxy) is 1. The van der Waals surface area contributed by atoms with E-state index in [0.717, 1.165) is 19.6 Å². The summed E-state index contributed by atoms with van der Waals surface area (Å²) in [6.07, 6.45) is 0. The van der Waals surface area contributed by atoms with E-state index in [1.54, 1.807) is 18.4 Å². The second-order valence-corrected chi connectivity index (χ2v) is 7.62. The van der Waals surface area contributed by atoms with Crippen molar-refractivity contribution in [2.45, 2.75) is 0 Å². The van der Waals surface area contributed by atoms with Crippen LogP contribution in [0.15, 0.2) is 62.9 Å². The van der Waals surface area contributed by atoms with Crippen LogP contribution >= 0.6 is 43.2 Å². The normalized spacial score (nSPS) is 10.6. The fourth-order valence-electron chi connectivity index (χ4n) is 2.16. The van der Waals surface area contributed by atoms with Gasteiger partial charge in [0.05, 0.1) is 15.8 Å². The smallest absolute Gasteiger partial charge is 0.118 e. The monoisotopic (exact) mass is 422 g/mol. The average molecular weight is 424 g/mol. The van der Waals surface area contributed by atoms with Crippen molar-refractivity contribution < 1.29 is 4.74 Å². The molecule has 0 amide bonds. The first-order valence-electron chi connectivity index (χ1n) is 6.38. The lowest BCUT2D eigenvalue weighted by Gasteiger charge is -2.04. The Hall–Kier alpha value is -1.10. The molecule has 0 radical (unpaired) electrons. The Kier molecular flexibility index (Phi) is 4.48. The van der Waals surface area contributed by atoms with Gasteiger partial charge in [-0.3, -0.25) is 0 Å². The highest BCUT2D eigenvalue weighted by Gasteiger charge is 2.17. The number of thiophene rings is 1. The van der Waals surface area contributed by atoms with Gasteiger partial charge in [0, 0.05) is 10.0 Å². The topological polar surface area (TPSA) is 9.23 Å². The molecule has 0 N–H and O–H groups in total. The highest BCUT2D eigenvalue weighted by atomic mass is 79.9. The maximum absolute atomic E-state index is 5.22. The number of benzene rings is 2. The van der Waals surface area contributed by atoms with Gasteiger partial charge in [-0.2, -0.15) is 0 Å². The molecule has 0 atom stereocenters. The minimum absolute atomic E-state index is 0.865. The van der Waals surface area contributed by atoms with Gasteiger partial charge in [-0.25, -0.2) is 0 Å². The third-order valence-electron chi connectivity index (χ3n) is 3.22. The minimum atomic E-state index is 0.865. The van der Waals surface area contributed by atoms with Gasteiger partial charge in [0.15, 0.2) is 0 Å². The molecule has 1 heterocycles. The number of methoxy groups -OCH3 is 1. The first-order chi connectivity index (χ1) is 10.2. The largest absolute Gasteiger partial charge is 0.497 e. The highest BCUT2D eigenvalue weighted by molar-refractivity contribution is 9.11. The summed E-state index contributed by atoms with van der Waals surface area (Å²) < 4.78 is 7.46. The molecule has 0 aliphatic rings.